The van der Waals surface area contributed by atoms with Crippen molar-refractivity contribution in [3.8, 4) is 5.75 Å². The number of ether oxygens (including phenoxy) is 2. The first-order valence-corrected chi connectivity index (χ1v) is 10.1. The molecule has 31 heavy (non-hydrogen) atoms. The zero-order valence-electron chi connectivity index (χ0n) is 17.7. The zero-order chi connectivity index (χ0) is 22.1. The molecule has 0 aliphatic carbocycles. The maximum absolute atomic E-state index is 13.1. The summed E-state index contributed by atoms with van der Waals surface area (Å²) >= 11 is 0. The second kappa shape index (κ2) is 10.9. The van der Waals surface area contributed by atoms with E-state index in [1.54, 1.807) is 60.5 Å². The molecule has 0 aliphatic rings. The van der Waals surface area contributed by atoms with E-state index in [1.807, 2.05) is 37.3 Å². The number of rotatable bonds is 9. The molecule has 0 unspecified atom stereocenters. The summed E-state index contributed by atoms with van der Waals surface area (Å²) < 4.78 is 10.6. The summed E-state index contributed by atoms with van der Waals surface area (Å²) in [4.78, 5) is 27.6. The number of hydrogen-bond donors (Lipinski definition) is 1. The average Bonchev–Trinajstić information content (AvgIpc) is 2.81. The first kappa shape index (κ1) is 22.1. The van der Waals surface area contributed by atoms with E-state index in [0.717, 1.165) is 5.69 Å². The van der Waals surface area contributed by atoms with Gasteiger partial charge >= 0.3 is 0 Å². The highest BCUT2D eigenvalue weighted by Gasteiger charge is 2.17. The maximum Gasteiger partial charge on any atom is 0.259 e. The van der Waals surface area contributed by atoms with Crippen LogP contribution in [0.5, 0.6) is 5.75 Å². The van der Waals surface area contributed by atoms with Gasteiger partial charge in [-0.2, -0.15) is 0 Å². The number of hydrogen-bond acceptors (Lipinski definition) is 4. The summed E-state index contributed by atoms with van der Waals surface area (Å²) in [5, 5.41) is 2.86. The molecule has 160 valence electrons. The van der Waals surface area contributed by atoms with Crippen LogP contribution < -0.4 is 15.0 Å². The number of nitrogens with zero attached hydrogens (tertiary/aromatic N) is 1. The minimum Gasteiger partial charge on any atom is -0.490 e. The Labute approximate surface area is 182 Å². The van der Waals surface area contributed by atoms with Crippen LogP contribution in [0.25, 0.3) is 0 Å². The number of para-hydroxylation sites is 2. The third kappa shape index (κ3) is 5.71. The molecule has 0 saturated carbocycles. The molecule has 0 spiro atoms. The van der Waals surface area contributed by atoms with Crippen LogP contribution in [-0.2, 0) is 4.74 Å². The Morgan fingerprint density at radius 2 is 1.65 bits per heavy atom. The lowest BCUT2D eigenvalue weighted by molar-refractivity contribution is 0.0985. The van der Waals surface area contributed by atoms with Gasteiger partial charge in [0.2, 0.25) is 0 Å². The molecule has 0 aliphatic heterocycles. The Morgan fingerprint density at radius 3 is 2.39 bits per heavy atom. The lowest BCUT2D eigenvalue weighted by atomic mass is 10.1. The molecule has 0 atom stereocenters. The molecular weight excluding hydrogens is 392 g/mol. The van der Waals surface area contributed by atoms with Crippen LogP contribution in [0.4, 0.5) is 11.4 Å². The van der Waals surface area contributed by atoms with Crippen LogP contribution in [0, 0.1) is 0 Å². The van der Waals surface area contributed by atoms with Crippen LogP contribution in [-0.4, -0.2) is 38.7 Å². The van der Waals surface area contributed by atoms with Crippen molar-refractivity contribution in [1.29, 1.82) is 0 Å². The van der Waals surface area contributed by atoms with Crippen LogP contribution in [0.2, 0.25) is 0 Å². The minimum absolute atomic E-state index is 0.131. The van der Waals surface area contributed by atoms with Crippen molar-refractivity contribution >= 4 is 23.2 Å². The smallest absolute Gasteiger partial charge is 0.259 e. The molecule has 0 heterocycles. The number of carbonyl (C=O) groups is 2. The zero-order valence-corrected chi connectivity index (χ0v) is 17.7. The Hall–Kier alpha value is -3.64. The van der Waals surface area contributed by atoms with Crippen molar-refractivity contribution in [2.75, 3.05) is 37.1 Å². The maximum atomic E-state index is 13.1. The summed E-state index contributed by atoms with van der Waals surface area (Å²) in [6.07, 6.45) is 0. The van der Waals surface area contributed by atoms with Gasteiger partial charge < -0.3 is 19.7 Å². The van der Waals surface area contributed by atoms with Crippen molar-refractivity contribution in [3.63, 3.8) is 0 Å². The van der Waals surface area contributed by atoms with Crippen LogP contribution in [0.1, 0.15) is 27.6 Å². The fourth-order valence-corrected chi connectivity index (χ4v) is 3.15. The molecule has 0 aromatic heterocycles. The summed E-state index contributed by atoms with van der Waals surface area (Å²) in [6, 6.07) is 23.4. The van der Waals surface area contributed by atoms with Gasteiger partial charge in [0.15, 0.2) is 0 Å². The largest absolute Gasteiger partial charge is 0.490 e. The van der Waals surface area contributed by atoms with Crippen molar-refractivity contribution in [3.05, 3.63) is 90.0 Å². The molecule has 0 bridgehead atoms. The van der Waals surface area contributed by atoms with Gasteiger partial charge in [0.25, 0.3) is 11.8 Å². The quantitative estimate of drug-likeness (QED) is 0.515. The number of benzene rings is 3. The first-order valence-electron chi connectivity index (χ1n) is 10.1. The number of anilines is 2. The summed E-state index contributed by atoms with van der Waals surface area (Å²) in [6.45, 7) is 3.23. The number of carbonyl (C=O) groups excluding carboxylic acids is 2. The third-order valence-electron chi connectivity index (χ3n) is 4.67. The summed E-state index contributed by atoms with van der Waals surface area (Å²) in [5.41, 5.74) is 2.26. The van der Waals surface area contributed by atoms with Crippen molar-refractivity contribution in [2.45, 2.75) is 6.92 Å². The second-order valence-electron chi connectivity index (χ2n) is 6.76. The second-order valence-corrected chi connectivity index (χ2v) is 6.76. The molecule has 6 nitrogen and oxygen atoms in total. The van der Waals surface area contributed by atoms with Crippen molar-refractivity contribution < 1.29 is 19.1 Å². The Balaban J connectivity index is 1.77. The highest BCUT2D eigenvalue weighted by molar-refractivity contribution is 6.09. The molecule has 2 amide bonds. The normalized spacial score (nSPS) is 10.4. The van der Waals surface area contributed by atoms with Gasteiger partial charge in [-0.3, -0.25) is 9.59 Å². The van der Waals surface area contributed by atoms with Gasteiger partial charge in [-0.25, -0.2) is 0 Å². The van der Waals surface area contributed by atoms with Gasteiger partial charge in [0.1, 0.15) is 12.4 Å². The monoisotopic (exact) mass is 418 g/mol. The van der Waals surface area contributed by atoms with E-state index in [2.05, 4.69) is 5.32 Å². The van der Waals surface area contributed by atoms with Gasteiger partial charge in [0.05, 0.1) is 12.2 Å². The van der Waals surface area contributed by atoms with E-state index in [0.29, 0.717) is 42.3 Å². The molecule has 0 radical (unpaired) electrons. The highest BCUT2D eigenvalue weighted by Crippen LogP contribution is 2.22. The number of methoxy groups -OCH3 is 1. The molecule has 1 N–H and O–H groups in total. The molecule has 3 aromatic rings. The SMILES string of the molecule is CCN(C(=O)c1cccc(NC(=O)c2ccccc2OCCOC)c1)c1ccccc1. The lowest BCUT2D eigenvalue weighted by Crippen LogP contribution is -2.30. The molecule has 3 aromatic carbocycles. The minimum atomic E-state index is -0.312. The number of nitrogens with one attached hydrogen (secondary N) is 1. The molecule has 0 saturated heterocycles. The third-order valence-corrected chi connectivity index (χ3v) is 4.67. The Bertz CT molecular complexity index is 1020. The summed E-state index contributed by atoms with van der Waals surface area (Å²) in [5.74, 6) is 0.0339. The van der Waals surface area contributed by atoms with Gasteiger partial charge in [-0.05, 0) is 49.4 Å². The van der Waals surface area contributed by atoms with Gasteiger partial charge in [-0.15, -0.1) is 0 Å². The Morgan fingerprint density at radius 1 is 0.903 bits per heavy atom. The average molecular weight is 418 g/mol. The van der Waals surface area contributed by atoms with Gasteiger partial charge in [-0.1, -0.05) is 36.4 Å². The predicted molar refractivity (Wildman–Crippen MR) is 122 cm³/mol. The topological polar surface area (TPSA) is 67.9 Å². The van der Waals surface area contributed by atoms with Gasteiger partial charge in [0, 0.05) is 30.6 Å². The predicted octanol–water partition coefficient (Wildman–Crippen LogP) is 4.63. The van der Waals surface area contributed by atoms with E-state index in [9.17, 15) is 9.59 Å². The Kier molecular flexibility index (Phi) is 7.79. The standard InChI is InChI=1S/C25H26N2O4/c1-3-27(21-12-5-4-6-13-21)25(29)19-10-9-11-20(18-19)26-24(28)22-14-7-8-15-23(22)31-17-16-30-2/h4-15,18H,3,16-17H2,1-2H3,(H,26,28). The van der Waals surface area contributed by atoms with E-state index in [4.69, 9.17) is 9.47 Å². The van der Waals surface area contributed by atoms with E-state index in [-0.39, 0.29) is 11.8 Å². The van der Waals surface area contributed by atoms with Crippen molar-refractivity contribution in [2.24, 2.45) is 0 Å². The van der Waals surface area contributed by atoms with E-state index >= 15 is 0 Å². The summed E-state index contributed by atoms with van der Waals surface area (Å²) in [7, 11) is 1.59. The fourth-order valence-electron chi connectivity index (χ4n) is 3.15. The van der Waals surface area contributed by atoms with Crippen LogP contribution >= 0.6 is 0 Å². The highest BCUT2D eigenvalue weighted by atomic mass is 16.5. The molecule has 3 rings (SSSR count). The molecule has 0 fully saturated rings. The van der Waals surface area contributed by atoms with Crippen LogP contribution in [0.15, 0.2) is 78.9 Å². The first-order chi connectivity index (χ1) is 15.1. The van der Waals surface area contributed by atoms with E-state index < -0.39 is 0 Å². The molecular formula is C25H26N2O4. The van der Waals surface area contributed by atoms with Crippen molar-refractivity contribution in [1.82, 2.24) is 0 Å². The fraction of sp³-hybridized carbons (Fsp3) is 0.200. The number of amides is 2. The van der Waals surface area contributed by atoms with Crippen LogP contribution in [0.3, 0.4) is 0 Å². The molecule has 6 heteroatoms. The van der Waals surface area contributed by atoms with E-state index in [1.165, 1.54) is 0 Å². The lowest BCUT2D eigenvalue weighted by Gasteiger charge is -2.21.